The van der Waals surface area contributed by atoms with E-state index in [4.69, 9.17) is 13.6 Å². The molecule has 0 saturated carbocycles. The number of carbonyl (C=O) groups excluding carboxylic acids is 2. The highest BCUT2D eigenvalue weighted by Crippen LogP contribution is 2.33. The van der Waals surface area contributed by atoms with Crippen LogP contribution in [0.2, 0.25) is 12.6 Å². The van der Waals surface area contributed by atoms with Crippen LogP contribution in [0, 0.1) is 5.41 Å². The van der Waals surface area contributed by atoms with Crippen LogP contribution in [0.5, 0.6) is 0 Å². The second-order valence-electron chi connectivity index (χ2n) is 5.48. The van der Waals surface area contributed by atoms with E-state index < -0.39 is 8.56 Å². The smallest absolute Gasteiger partial charge is 0.461 e. The lowest BCUT2D eigenvalue weighted by atomic mass is 9.84. The lowest BCUT2D eigenvalue weighted by Gasteiger charge is -2.38. The molecule has 0 radical (unpaired) electrons. The Morgan fingerprint density at radius 2 is 1.72 bits per heavy atom. The van der Waals surface area contributed by atoms with Crippen LogP contribution in [0.25, 0.3) is 0 Å². The average molecular weight is 274 g/mol. The van der Waals surface area contributed by atoms with Gasteiger partial charge >= 0.3 is 8.56 Å². The van der Waals surface area contributed by atoms with E-state index in [-0.39, 0.29) is 17.4 Å². The molecule has 0 bridgehead atoms. The van der Waals surface area contributed by atoms with E-state index in [0.717, 1.165) is 26.1 Å². The summed E-state index contributed by atoms with van der Waals surface area (Å²) in [5.74, 6) is -0.771. The summed E-state index contributed by atoms with van der Waals surface area (Å²) in [6.07, 6.45) is 1.88. The largest absolute Gasteiger partial charge is 0.485 e. The molecule has 0 amide bonds. The molecule has 6 heteroatoms. The minimum Gasteiger partial charge on any atom is -0.485 e. The molecular weight excluding hydrogens is 252 g/mol. The standard InChI is InChI=1S/C12H22O5Si/c1-10(13)16-18(4,17-11(2)14)7-5-6-12(3)8-15-9-12/h5-9H2,1-4H3. The summed E-state index contributed by atoms with van der Waals surface area (Å²) in [6.45, 7) is 8.19. The zero-order valence-corrected chi connectivity index (χ0v) is 12.6. The van der Waals surface area contributed by atoms with Crippen LogP contribution in [0.1, 0.15) is 33.6 Å². The SMILES string of the molecule is CC(=O)O[Si](C)(CCCC1(C)COC1)OC(C)=O. The molecule has 1 saturated heterocycles. The van der Waals surface area contributed by atoms with Crippen LogP contribution in [0.4, 0.5) is 0 Å². The van der Waals surface area contributed by atoms with Gasteiger partial charge < -0.3 is 13.6 Å². The van der Waals surface area contributed by atoms with Crippen LogP contribution in [0.15, 0.2) is 0 Å². The monoisotopic (exact) mass is 274 g/mol. The molecule has 0 spiro atoms. The van der Waals surface area contributed by atoms with Crippen molar-refractivity contribution in [2.45, 2.75) is 46.2 Å². The Morgan fingerprint density at radius 3 is 2.06 bits per heavy atom. The van der Waals surface area contributed by atoms with Crippen molar-refractivity contribution in [3.05, 3.63) is 0 Å². The van der Waals surface area contributed by atoms with Crippen LogP contribution in [-0.2, 0) is 23.2 Å². The first-order valence-corrected chi connectivity index (χ1v) is 8.74. The van der Waals surface area contributed by atoms with Crippen molar-refractivity contribution >= 4 is 20.5 Å². The van der Waals surface area contributed by atoms with Crippen LogP contribution in [-0.4, -0.2) is 33.7 Å². The summed E-state index contributed by atoms with van der Waals surface area (Å²) in [5.41, 5.74) is 0.238. The second-order valence-corrected chi connectivity index (χ2v) is 8.65. The molecule has 0 aromatic carbocycles. The molecule has 5 nitrogen and oxygen atoms in total. The molecule has 1 aliphatic rings. The second kappa shape index (κ2) is 5.84. The van der Waals surface area contributed by atoms with Crippen molar-refractivity contribution in [1.82, 2.24) is 0 Å². The Morgan fingerprint density at radius 1 is 1.22 bits per heavy atom. The molecule has 1 fully saturated rings. The third-order valence-electron chi connectivity index (χ3n) is 3.03. The normalized spacial score (nSPS) is 17.8. The maximum absolute atomic E-state index is 11.1. The number of carbonyl (C=O) groups is 2. The summed E-state index contributed by atoms with van der Waals surface area (Å²) in [5, 5.41) is 0. The fourth-order valence-corrected chi connectivity index (χ4v) is 4.44. The summed E-state index contributed by atoms with van der Waals surface area (Å²) in [7, 11) is -2.70. The lowest BCUT2D eigenvalue weighted by molar-refractivity contribution is -0.138. The molecule has 0 aromatic rings. The molecule has 18 heavy (non-hydrogen) atoms. The third kappa shape index (κ3) is 4.78. The van der Waals surface area contributed by atoms with Gasteiger partial charge in [-0.1, -0.05) is 6.92 Å². The van der Waals surface area contributed by atoms with Gasteiger partial charge in [-0.05, 0) is 12.8 Å². The zero-order valence-electron chi connectivity index (χ0n) is 11.6. The average Bonchev–Trinajstić information content (AvgIpc) is 2.11. The predicted molar refractivity (Wildman–Crippen MR) is 68.1 cm³/mol. The van der Waals surface area contributed by atoms with Crippen LogP contribution >= 0.6 is 0 Å². The highest BCUT2D eigenvalue weighted by Gasteiger charge is 2.39. The van der Waals surface area contributed by atoms with E-state index in [1.807, 2.05) is 0 Å². The van der Waals surface area contributed by atoms with Crippen LogP contribution < -0.4 is 0 Å². The maximum Gasteiger partial charge on any atom is 0.461 e. The molecule has 104 valence electrons. The van der Waals surface area contributed by atoms with E-state index in [1.54, 1.807) is 6.55 Å². The van der Waals surface area contributed by atoms with Gasteiger partial charge in [-0.15, -0.1) is 0 Å². The van der Waals surface area contributed by atoms with E-state index in [1.165, 1.54) is 13.8 Å². The van der Waals surface area contributed by atoms with Gasteiger partial charge in [0.05, 0.1) is 13.2 Å². The number of ether oxygens (including phenoxy) is 1. The summed E-state index contributed by atoms with van der Waals surface area (Å²) in [6, 6.07) is 0.641. The van der Waals surface area contributed by atoms with E-state index in [0.29, 0.717) is 6.04 Å². The van der Waals surface area contributed by atoms with Gasteiger partial charge in [-0.25, -0.2) is 0 Å². The fourth-order valence-electron chi connectivity index (χ4n) is 2.16. The topological polar surface area (TPSA) is 61.8 Å². The molecule has 0 atom stereocenters. The van der Waals surface area contributed by atoms with Gasteiger partial charge in [0.15, 0.2) is 0 Å². The zero-order chi connectivity index (χ0) is 13.8. The number of rotatable bonds is 6. The Bertz CT molecular complexity index is 308. The van der Waals surface area contributed by atoms with Crippen LogP contribution in [0.3, 0.4) is 0 Å². The third-order valence-corrected chi connectivity index (χ3v) is 5.73. The lowest BCUT2D eigenvalue weighted by Crippen LogP contribution is -2.43. The maximum atomic E-state index is 11.1. The molecule has 0 N–H and O–H groups in total. The first kappa shape index (κ1) is 15.2. The van der Waals surface area contributed by atoms with Gasteiger partial charge in [0.25, 0.3) is 11.9 Å². The van der Waals surface area contributed by atoms with Gasteiger partial charge in [-0.2, -0.15) is 0 Å². The van der Waals surface area contributed by atoms with Crippen molar-refractivity contribution in [2.24, 2.45) is 5.41 Å². The molecule has 1 aliphatic heterocycles. The fraction of sp³-hybridized carbons (Fsp3) is 0.833. The quantitative estimate of drug-likeness (QED) is 0.693. The van der Waals surface area contributed by atoms with Gasteiger partial charge in [0, 0.05) is 31.9 Å². The molecular formula is C12H22O5Si. The molecule has 1 heterocycles. The number of hydrogen-bond acceptors (Lipinski definition) is 5. The highest BCUT2D eigenvalue weighted by molar-refractivity contribution is 6.69. The Balaban J connectivity index is 2.44. The van der Waals surface area contributed by atoms with E-state index in [2.05, 4.69) is 6.92 Å². The minimum absolute atomic E-state index is 0.238. The summed E-state index contributed by atoms with van der Waals surface area (Å²) >= 11 is 0. The highest BCUT2D eigenvalue weighted by atomic mass is 28.4. The van der Waals surface area contributed by atoms with Gasteiger partial charge in [0.2, 0.25) is 0 Å². The molecule has 0 aromatic heterocycles. The molecule has 0 unspecified atom stereocenters. The van der Waals surface area contributed by atoms with Crippen molar-refractivity contribution in [3.63, 3.8) is 0 Å². The Labute approximate surface area is 109 Å². The summed E-state index contributed by atoms with van der Waals surface area (Å²) in [4.78, 5) is 22.1. The van der Waals surface area contributed by atoms with Crippen molar-refractivity contribution in [3.8, 4) is 0 Å². The predicted octanol–water partition coefficient (Wildman–Crippen LogP) is 2.00. The first-order chi connectivity index (χ1) is 8.25. The van der Waals surface area contributed by atoms with Gasteiger partial charge in [0.1, 0.15) is 0 Å². The minimum atomic E-state index is -2.70. The van der Waals surface area contributed by atoms with Crippen molar-refractivity contribution < 1.29 is 23.2 Å². The van der Waals surface area contributed by atoms with E-state index in [9.17, 15) is 9.59 Å². The molecule has 0 aliphatic carbocycles. The Hall–Kier alpha value is -0.883. The van der Waals surface area contributed by atoms with E-state index >= 15 is 0 Å². The first-order valence-electron chi connectivity index (χ1n) is 6.22. The van der Waals surface area contributed by atoms with Gasteiger partial charge in [-0.3, -0.25) is 9.59 Å². The summed E-state index contributed by atoms with van der Waals surface area (Å²) < 4.78 is 15.7. The van der Waals surface area contributed by atoms with Crippen molar-refractivity contribution in [2.75, 3.05) is 13.2 Å². The number of hydrogen-bond donors (Lipinski definition) is 0. The Kier molecular flexibility index (Phi) is 4.92. The molecule has 1 rings (SSSR count). The van der Waals surface area contributed by atoms with Crippen molar-refractivity contribution in [1.29, 1.82) is 0 Å².